The monoisotopic (exact) mass is 423 g/mol. The van der Waals surface area contributed by atoms with E-state index in [1.165, 1.54) is 13.3 Å². The summed E-state index contributed by atoms with van der Waals surface area (Å²) in [5, 5.41) is 4.00. The van der Waals surface area contributed by atoms with Gasteiger partial charge in [-0.2, -0.15) is 5.10 Å². The first-order valence-corrected chi connectivity index (χ1v) is 9.96. The second-order valence-corrected chi connectivity index (χ2v) is 7.14. The third-order valence-corrected chi connectivity index (χ3v) is 5.21. The van der Waals surface area contributed by atoms with Crippen molar-refractivity contribution >= 4 is 24.0 Å². The molecule has 2 amide bonds. The minimum Gasteiger partial charge on any atom is -0.497 e. The Bertz CT molecular complexity index is 946. The lowest BCUT2D eigenvalue weighted by atomic mass is 9.95. The van der Waals surface area contributed by atoms with Gasteiger partial charge in [-0.1, -0.05) is 12.1 Å². The molecule has 0 aliphatic carbocycles. The highest BCUT2D eigenvalue weighted by Gasteiger charge is 2.27. The number of methoxy groups -OCH3 is 2. The quantitative estimate of drug-likeness (QED) is 0.437. The fourth-order valence-electron chi connectivity index (χ4n) is 3.35. The van der Waals surface area contributed by atoms with E-state index in [0.29, 0.717) is 42.8 Å². The highest BCUT2D eigenvalue weighted by molar-refractivity contribution is 5.94. The number of piperidine rings is 1. The predicted molar refractivity (Wildman–Crippen MR) is 115 cm³/mol. The Morgan fingerprint density at radius 2 is 1.58 bits per heavy atom. The molecule has 1 aliphatic heterocycles. The third-order valence-electron chi connectivity index (χ3n) is 5.21. The normalized spacial score (nSPS) is 14.3. The SMILES string of the molecule is COC(=O)c1ccc(/C=N\NC(=O)C2CCN(C(=O)c3ccc(OC)cc3)CC2)cc1. The van der Waals surface area contributed by atoms with Gasteiger partial charge in [0.15, 0.2) is 0 Å². The Kier molecular flexibility index (Phi) is 7.37. The van der Waals surface area contributed by atoms with Crippen molar-refractivity contribution in [3.63, 3.8) is 0 Å². The first-order chi connectivity index (χ1) is 15.0. The lowest BCUT2D eigenvalue weighted by Gasteiger charge is -2.31. The molecule has 1 N–H and O–H groups in total. The van der Waals surface area contributed by atoms with Gasteiger partial charge >= 0.3 is 5.97 Å². The van der Waals surface area contributed by atoms with Crippen LogP contribution in [0.2, 0.25) is 0 Å². The molecule has 8 nitrogen and oxygen atoms in total. The van der Waals surface area contributed by atoms with E-state index in [1.807, 2.05) is 0 Å². The van der Waals surface area contributed by atoms with Gasteiger partial charge in [0.25, 0.3) is 5.91 Å². The second-order valence-electron chi connectivity index (χ2n) is 7.14. The van der Waals surface area contributed by atoms with Crippen molar-refractivity contribution < 1.29 is 23.9 Å². The lowest BCUT2D eigenvalue weighted by Crippen LogP contribution is -2.42. The fourth-order valence-corrected chi connectivity index (χ4v) is 3.35. The molecule has 0 spiro atoms. The maximum absolute atomic E-state index is 12.6. The van der Waals surface area contributed by atoms with Crippen molar-refractivity contribution in [2.45, 2.75) is 12.8 Å². The lowest BCUT2D eigenvalue weighted by molar-refractivity contribution is -0.126. The van der Waals surface area contributed by atoms with Crippen LogP contribution < -0.4 is 10.2 Å². The van der Waals surface area contributed by atoms with E-state index in [2.05, 4.69) is 15.3 Å². The summed E-state index contributed by atoms with van der Waals surface area (Å²) in [6, 6.07) is 13.7. The van der Waals surface area contributed by atoms with Gasteiger partial charge in [0, 0.05) is 24.6 Å². The molecule has 1 aliphatic rings. The molecule has 162 valence electrons. The zero-order chi connectivity index (χ0) is 22.2. The molecule has 0 atom stereocenters. The summed E-state index contributed by atoms with van der Waals surface area (Å²) in [5.74, 6) is -0.117. The van der Waals surface area contributed by atoms with Crippen molar-refractivity contribution in [1.29, 1.82) is 0 Å². The van der Waals surface area contributed by atoms with E-state index in [0.717, 1.165) is 5.56 Å². The molecule has 3 rings (SSSR count). The van der Waals surface area contributed by atoms with Crippen molar-refractivity contribution in [1.82, 2.24) is 10.3 Å². The van der Waals surface area contributed by atoms with Crippen molar-refractivity contribution in [3.8, 4) is 5.75 Å². The van der Waals surface area contributed by atoms with Gasteiger partial charge < -0.3 is 14.4 Å². The number of likely N-dealkylation sites (tertiary alicyclic amines) is 1. The van der Waals surface area contributed by atoms with Crippen LogP contribution in [0, 0.1) is 5.92 Å². The van der Waals surface area contributed by atoms with Gasteiger partial charge in [-0.25, -0.2) is 10.2 Å². The van der Waals surface area contributed by atoms with E-state index in [1.54, 1.807) is 60.5 Å². The van der Waals surface area contributed by atoms with Crippen LogP contribution in [-0.4, -0.2) is 56.2 Å². The zero-order valence-corrected chi connectivity index (χ0v) is 17.5. The number of carbonyl (C=O) groups excluding carboxylic acids is 3. The number of esters is 1. The molecular formula is C23H25N3O5. The summed E-state index contributed by atoms with van der Waals surface area (Å²) in [7, 11) is 2.91. The van der Waals surface area contributed by atoms with Crippen LogP contribution >= 0.6 is 0 Å². The van der Waals surface area contributed by atoms with Gasteiger partial charge in [-0.05, 0) is 54.8 Å². The highest BCUT2D eigenvalue weighted by Crippen LogP contribution is 2.20. The number of hydrogen-bond acceptors (Lipinski definition) is 6. The number of rotatable bonds is 6. The third kappa shape index (κ3) is 5.69. The Labute approximate surface area is 180 Å². The molecule has 2 aromatic rings. The van der Waals surface area contributed by atoms with E-state index in [9.17, 15) is 14.4 Å². The number of nitrogens with one attached hydrogen (secondary N) is 1. The van der Waals surface area contributed by atoms with Gasteiger partial charge in [-0.3, -0.25) is 9.59 Å². The maximum atomic E-state index is 12.6. The first kappa shape index (κ1) is 22.0. The van der Waals surface area contributed by atoms with Crippen LogP contribution in [0.4, 0.5) is 0 Å². The molecule has 1 heterocycles. The fraction of sp³-hybridized carbons (Fsp3) is 0.304. The largest absolute Gasteiger partial charge is 0.497 e. The minimum absolute atomic E-state index is 0.0464. The summed E-state index contributed by atoms with van der Waals surface area (Å²) >= 11 is 0. The summed E-state index contributed by atoms with van der Waals surface area (Å²) in [6.45, 7) is 1.03. The van der Waals surface area contributed by atoms with Crippen LogP contribution in [0.5, 0.6) is 5.75 Å². The standard InChI is InChI=1S/C23H25N3O5/c1-30-20-9-7-18(8-10-20)22(28)26-13-11-17(12-14-26)21(27)25-24-15-16-3-5-19(6-4-16)23(29)31-2/h3-10,15,17H,11-14H2,1-2H3,(H,25,27)/b24-15-. The molecule has 0 saturated carbocycles. The van der Waals surface area contributed by atoms with E-state index < -0.39 is 5.97 Å². The topological polar surface area (TPSA) is 97.3 Å². The Morgan fingerprint density at radius 3 is 2.16 bits per heavy atom. The number of hydrazone groups is 1. The summed E-state index contributed by atoms with van der Waals surface area (Å²) in [5.41, 5.74) is 4.35. The van der Waals surface area contributed by atoms with Gasteiger partial charge in [0.05, 0.1) is 26.0 Å². The molecule has 0 aromatic heterocycles. The highest BCUT2D eigenvalue weighted by atomic mass is 16.5. The average molecular weight is 423 g/mol. The molecule has 0 unspecified atom stereocenters. The van der Waals surface area contributed by atoms with Crippen LogP contribution in [0.1, 0.15) is 39.1 Å². The molecular weight excluding hydrogens is 398 g/mol. The van der Waals surface area contributed by atoms with Crippen LogP contribution in [-0.2, 0) is 9.53 Å². The summed E-state index contributed by atoms with van der Waals surface area (Å²) in [4.78, 5) is 38.2. The molecule has 0 radical (unpaired) electrons. The van der Waals surface area contributed by atoms with Gasteiger partial charge in [0.2, 0.25) is 5.91 Å². The van der Waals surface area contributed by atoms with E-state index in [4.69, 9.17) is 4.74 Å². The van der Waals surface area contributed by atoms with Crippen LogP contribution in [0.15, 0.2) is 53.6 Å². The molecule has 1 fully saturated rings. The molecule has 2 aromatic carbocycles. The Hall–Kier alpha value is -3.68. The number of ether oxygens (including phenoxy) is 2. The van der Waals surface area contributed by atoms with Crippen LogP contribution in [0.3, 0.4) is 0 Å². The Morgan fingerprint density at radius 1 is 0.968 bits per heavy atom. The molecule has 0 bridgehead atoms. The first-order valence-electron chi connectivity index (χ1n) is 9.96. The summed E-state index contributed by atoms with van der Waals surface area (Å²) < 4.78 is 9.77. The molecule has 8 heteroatoms. The van der Waals surface area contributed by atoms with Crippen LogP contribution in [0.25, 0.3) is 0 Å². The number of hydrogen-bond donors (Lipinski definition) is 1. The van der Waals surface area contributed by atoms with E-state index in [-0.39, 0.29) is 17.7 Å². The van der Waals surface area contributed by atoms with E-state index >= 15 is 0 Å². The number of carbonyl (C=O) groups is 3. The van der Waals surface area contributed by atoms with Gasteiger partial charge in [-0.15, -0.1) is 0 Å². The zero-order valence-electron chi connectivity index (χ0n) is 17.5. The average Bonchev–Trinajstić information content (AvgIpc) is 2.83. The predicted octanol–water partition coefficient (Wildman–Crippen LogP) is 2.48. The number of benzene rings is 2. The van der Waals surface area contributed by atoms with Gasteiger partial charge in [0.1, 0.15) is 5.75 Å². The summed E-state index contributed by atoms with van der Waals surface area (Å²) in [6.07, 6.45) is 2.68. The number of amides is 2. The Balaban J connectivity index is 1.46. The van der Waals surface area contributed by atoms with Crippen molar-refractivity contribution in [3.05, 3.63) is 65.2 Å². The smallest absolute Gasteiger partial charge is 0.337 e. The molecule has 1 saturated heterocycles. The molecule has 31 heavy (non-hydrogen) atoms. The second kappa shape index (κ2) is 10.4. The minimum atomic E-state index is -0.409. The van der Waals surface area contributed by atoms with Crippen molar-refractivity contribution in [2.75, 3.05) is 27.3 Å². The maximum Gasteiger partial charge on any atom is 0.337 e. The number of nitrogens with zero attached hydrogens (tertiary/aromatic N) is 2. The van der Waals surface area contributed by atoms with Crippen molar-refractivity contribution in [2.24, 2.45) is 11.0 Å².